The molecule has 0 amide bonds. The SMILES string of the molecule is C=C(C)[C](=O)[Na].O=S(=O)(O)O. The maximum absolute atomic E-state index is 10.1. The Balaban J connectivity index is 0. The van der Waals surface area contributed by atoms with Gasteiger partial charge in [-0.3, -0.25) is 9.11 Å². The number of rotatable bonds is 1. The Morgan fingerprint density at radius 2 is 1.55 bits per heavy atom. The van der Waals surface area contributed by atoms with Crippen LogP contribution in [0.25, 0.3) is 0 Å². The summed E-state index contributed by atoms with van der Waals surface area (Å²) in [6, 6.07) is 0. The third-order valence-corrected chi connectivity index (χ3v) is 1.45. The molecule has 0 fully saturated rings. The molecule has 0 unspecified atom stereocenters. The smallest absolute Gasteiger partial charge is 0.264 e. The first kappa shape index (κ1) is 13.8. The Morgan fingerprint density at radius 3 is 1.55 bits per heavy atom. The second-order valence-corrected chi connectivity index (χ2v) is 3.59. The van der Waals surface area contributed by atoms with E-state index in [1.54, 1.807) is 6.92 Å². The molecule has 2 N–H and O–H groups in total. The van der Waals surface area contributed by atoms with E-state index in [4.69, 9.17) is 17.5 Å². The monoisotopic (exact) mass is 190 g/mol. The van der Waals surface area contributed by atoms with Crippen LogP contribution in [-0.2, 0) is 15.2 Å². The minimum absolute atomic E-state index is 0.204. The Morgan fingerprint density at radius 1 is 1.45 bits per heavy atom. The van der Waals surface area contributed by atoms with Crippen LogP contribution in [0, 0.1) is 0 Å². The number of hydrogen-bond acceptors (Lipinski definition) is 3. The van der Waals surface area contributed by atoms with Gasteiger partial charge in [-0.1, -0.05) is 0 Å². The number of carbonyl (C=O) groups excluding carboxylic acids is 1. The van der Waals surface area contributed by atoms with E-state index in [2.05, 4.69) is 6.58 Å². The summed E-state index contributed by atoms with van der Waals surface area (Å²) < 4.78 is 31.8. The summed E-state index contributed by atoms with van der Waals surface area (Å²) in [6.07, 6.45) is 0. The zero-order chi connectivity index (χ0) is 9.65. The fourth-order valence-corrected chi connectivity index (χ4v) is 0. The van der Waals surface area contributed by atoms with Crippen LogP contribution in [0.3, 0.4) is 0 Å². The number of hydrogen-bond donors (Lipinski definition) is 2. The van der Waals surface area contributed by atoms with Crippen molar-refractivity contribution in [1.29, 1.82) is 0 Å². The van der Waals surface area contributed by atoms with E-state index in [9.17, 15) is 4.79 Å². The van der Waals surface area contributed by atoms with Gasteiger partial charge in [-0.15, -0.1) is 0 Å². The molecule has 60 valence electrons. The zero-order valence-electron chi connectivity index (χ0n) is 6.23. The van der Waals surface area contributed by atoms with Gasteiger partial charge in [0.1, 0.15) is 0 Å². The van der Waals surface area contributed by atoms with Crippen LogP contribution in [-0.4, -0.2) is 48.5 Å². The molecule has 0 aromatic carbocycles. The van der Waals surface area contributed by atoms with E-state index in [0.717, 1.165) is 0 Å². The summed E-state index contributed by atoms with van der Waals surface area (Å²) in [4.78, 5) is 10.1. The van der Waals surface area contributed by atoms with E-state index in [0.29, 0.717) is 33.5 Å². The molecule has 0 aliphatic heterocycles. The Hall–Kier alpha value is 0.280. The molecule has 0 bridgehead atoms. The van der Waals surface area contributed by atoms with Crippen LogP contribution in [0.15, 0.2) is 12.2 Å². The molecule has 11 heavy (non-hydrogen) atoms. The van der Waals surface area contributed by atoms with Gasteiger partial charge in [0, 0.05) is 0 Å². The maximum Gasteiger partial charge on any atom is 0.394 e. The largest absolute Gasteiger partial charge is 0.394 e. The van der Waals surface area contributed by atoms with Gasteiger partial charge < -0.3 is 0 Å². The van der Waals surface area contributed by atoms with E-state index >= 15 is 0 Å². The van der Waals surface area contributed by atoms with Gasteiger partial charge in [-0.25, -0.2) is 0 Å². The van der Waals surface area contributed by atoms with Crippen LogP contribution in [0.4, 0.5) is 0 Å². The van der Waals surface area contributed by atoms with E-state index in [1.165, 1.54) is 0 Å². The van der Waals surface area contributed by atoms with Crippen LogP contribution >= 0.6 is 0 Å². The Kier molecular flexibility index (Phi) is 7.39. The molecular formula is C4H7NaO5S. The average Bonchev–Trinajstić information content (AvgIpc) is 1.59. The molecule has 0 heterocycles. The first-order chi connectivity index (χ1) is 4.64. The minimum atomic E-state index is -4.67. The molecule has 0 radical (unpaired) electrons. The van der Waals surface area contributed by atoms with Crippen molar-refractivity contribution in [2.75, 3.05) is 0 Å². The Labute approximate surface area is 82.5 Å². The molecule has 7 heteroatoms. The van der Waals surface area contributed by atoms with Crippen LogP contribution in [0.1, 0.15) is 6.92 Å². The summed E-state index contributed by atoms with van der Waals surface area (Å²) in [5.41, 5.74) is 0.682. The number of allylic oxidation sites excluding steroid dienone is 1. The number of carbonyl (C=O) groups is 1. The molecule has 0 rings (SSSR count). The zero-order valence-corrected chi connectivity index (χ0v) is 9.05. The van der Waals surface area contributed by atoms with Gasteiger partial charge in [0.25, 0.3) is 0 Å². The summed E-state index contributed by atoms with van der Waals surface area (Å²) in [5.74, 6) is 0. The first-order valence-electron chi connectivity index (χ1n) is 2.51. The molecule has 5 nitrogen and oxygen atoms in total. The Bertz CT molecular complexity index is 221. The van der Waals surface area contributed by atoms with E-state index in [1.807, 2.05) is 0 Å². The van der Waals surface area contributed by atoms with Gasteiger partial charge in [-0.2, -0.15) is 8.42 Å². The molecule has 0 aliphatic carbocycles. The van der Waals surface area contributed by atoms with Gasteiger partial charge in [0.05, 0.1) is 0 Å². The van der Waals surface area contributed by atoms with Crippen molar-refractivity contribution in [3.05, 3.63) is 12.2 Å². The predicted octanol–water partition coefficient (Wildman–Crippen LogP) is -0.395. The van der Waals surface area contributed by atoms with E-state index in [-0.39, 0.29) is 3.03 Å². The fraction of sp³-hybridized carbons (Fsp3) is 0.250. The molecule has 0 saturated carbocycles. The van der Waals surface area contributed by atoms with Crippen LogP contribution < -0.4 is 0 Å². The molecular weight excluding hydrogens is 183 g/mol. The van der Waals surface area contributed by atoms with E-state index < -0.39 is 10.4 Å². The second-order valence-electron chi connectivity index (χ2n) is 1.78. The van der Waals surface area contributed by atoms with Crippen molar-refractivity contribution in [3.63, 3.8) is 0 Å². The third kappa shape index (κ3) is 38.5. The van der Waals surface area contributed by atoms with Crippen molar-refractivity contribution < 1.29 is 22.3 Å². The molecule has 0 aromatic heterocycles. The van der Waals surface area contributed by atoms with Gasteiger partial charge in [0.2, 0.25) is 0 Å². The molecule has 0 atom stereocenters. The fourth-order valence-electron chi connectivity index (χ4n) is 0. The molecule has 0 spiro atoms. The normalized spacial score (nSPS) is 9.55. The summed E-state index contributed by atoms with van der Waals surface area (Å²) in [6.45, 7) is 5.17. The van der Waals surface area contributed by atoms with Crippen molar-refractivity contribution >= 4 is 41.4 Å². The topological polar surface area (TPSA) is 91.7 Å². The standard InChI is InChI=1S/C4H5O.Na.H2O4S/c1-4(2)3-5;;1-5(2,3)4/h1H2,2H3;;(H2,1,2,3,4). The third-order valence-electron chi connectivity index (χ3n) is 0.601. The molecule has 0 aliphatic rings. The summed E-state index contributed by atoms with van der Waals surface area (Å²) in [5, 5.41) is 0. The second kappa shape index (κ2) is 5.87. The maximum atomic E-state index is 10.1. The van der Waals surface area contributed by atoms with Gasteiger partial charge >= 0.3 is 65.2 Å². The van der Waals surface area contributed by atoms with Crippen molar-refractivity contribution in [2.45, 2.75) is 6.92 Å². The van der Waals surface area contributed by atoms with Crippen molar-refractivity contribution in [2.24, 2.45) is 0 Å². The van der Waals surface area contributed by atoms with Gasteiger partial charge in [-0.05, 0) is 0 Å². The molecule has 0 aromatic rings. The average molecular weight is 190 g/mol. The van der Waals surface area contributed by atoms with Crippen LogP contribution in [0.2, 0.25) is 0 Å². The quantitative estimate of drug-likeness (QED) is 0.333. The summed E-state index contributed by atoms with van der Waals surface area (Å²) >= 11 is 0.615. The first-order valence-corrected chi connectivity index (χ1v) is 4.90. The van der Waals surface area contributed by atoms with Crippen molar-refractivity contribution in [3.8, 4) is 0 Å². The summed E-state index contributed by atoms with van der Waals surface area (Å²) in [7, 11) is -4.67. The predicted molar refractivity (Wildman–Crippen MR) is 39.8 cm³/mol. The van der Waals surface area contributed by atoms with Gasteiger partial charge in [0.15, 0.2) is 0 Å². The minimum Gasteiger partial charge on any atom is -0.264 e. The molecule has 0 saturated heterocycles. The van der Waals surface area contributed by atoms with Crippen molar-refractivity contribution in [1.82, 2.24) is 0 Å². The van der Waals surface area contributed by atoms with Crippen LogP contribution in [0.5, 0.6) is 0 Å².